The lowest BCUT2D eigenvalue weighted by Gasteiger charge is -2.11. The van der Waals surface area contributed by atoms with E-state index in [-0.39, 0.29) is 0 Å². The lowest BCUT2D eigenvalue weighted by molar-refractivity contribution is 0.670. The smallest absolute Gasteiger partial charge is 0.164 e. The number of thiophene rings is 1. The third-order valence-corrected chi connectivity index (χ3v) is 10.2. The molecule has 0 bridgehead atoms. The van der Waals surface area contributed by atoms with E-state index >= 15 is 0 Å². The highest BCUT2D eigenvalue weighted by molar-refractivity contribution is 7.25. The molecular formula is C42H24N4OS. The van der Waals surface area contributed by atoms with Crippen molar-refractivity contribution in [1.29, 1.82) is 0 Å². The van der Waals surface area contributed by atoms with Crippen molar-refractivity contribution in [3.05, 3.63) is 146 Å². The van der Waals surface area contributed by atoms with Crippen molar-refractivity contribution in [1.82, 2.24) is 19.9 Å². The van der Waals surface area contributed by atoms with Crippen molar-refractivity contribution < 1.29 is 4.42 Å². The van der Waals surface area contributed by atoms with Crippen molar-refractivity contribution >= 4 is 64.2 Å². The topological polar surface area (TPSA) is 64.7 Å². The number of furan rings is 1. The summed E-state index contributed by atoms with van der Waals surface area (Å²) < 4.78 is 9.18. The summed E-state index contributed by atoms with van der Waals surface area (Å²) in [4.78, 5) is 19.9. The molecule has 0 aliphatic heterocycles. The summed E-state index contributed by atoms with van der Waals surface area (Å²) in [6.45, 7) is 0. The van der Waals surface area contributed by atoms with Crippen LogP contribution in [0, 0.1) is 0 Å². The van der Waals surface area contributed by atoms with Gasteiger partial charge in [0.2, 0.25) is 0 Å². The molecule has 0 aliphatic rings. The lowest BCUT2D eigenvalue weighted by Crippen LogP contribution is -2.01. The maximum absolute atomic E-state index is 6.74. The molecule has 0 amide bonds. The molecule has 0 N–H and O–H groups in total. The first-order chi connectivity index (χ1) is 23.8. The molecule has 0 atom stereocenters. The number of fused-ring (bicyclic) bond motifs is 7. The average Bonchev–Trinajstić information content (AvgIpc) is 3.72. The number of rotatable bonds is 4. The van der Waals surface area contributed by atoms with Gasteiger partial charge < -0.3 is 4.42 Å². The zero-order valence-corrected chi connectivity index (χ0v) is 26.3. The maximum atomic E-state index is 6.74. The fourth-order valence-electron chi connectivity index (χ4n) is 6.79. The predicted molar refractivity (Wildman–Crippen MR) is 197 cm³/mol. The van der Waals surface area contributed by atoms with E-state index in [2.05, 4.69) is 96.0 Å². The lowest BCUT2D eigenvalue weighted by atomic mass is 9.97. The van der Waals surface area contributed by atoms with Crippen molar-refractivity contribution in [2.75, 3.05) is 0 Å². The standard InChI is InChI=1S/C42H24N4OS/c1-3-10-25(11-4-1)29-18-19-32(38-33-22-28-24-43-21-20-27(28)23-34(33)47-39(29)38)42-45-40(26-12-5-2-6-13-26)44-41(46-42)31-15-9-17-36-37(31)30-14-7-8-16-35(30)48-36/h1-24H. The van der Waals surface area contributed by atoms with Crippen molar-refractivity contribution in [3.63, 3.8) is 0 Å². The van der Waals surface area contributed by atoms with E-state index in [0.717, 1.165) is 65.9 Å². The highest BCUT2D eigenvalue weighted by atomic mass is 32.1. The van der Waals surface area contributed by atoms with Crippen LogP contribution in [0.1, 0.15) is 0 Å². The number of hydrogen-bond acceptors (Lipinski definition) is 6. The molecule has 0 fully saturated rings. The molecule has 0 spiro atoms. The van der Waals surface area contributed by atoms with Gasteiger partial charge in [-0.1, -0.05) is 91.0 Å². The van der Waals surface area contributed by atoms with Gasteiger partial charge in [-0.2, -0.15) is 0 Å². The molecule has 10 aromatic rings. The molecule has 4 aromatic heterocycles. The highest BCUT2D eigenvalue weighted by Crippen LogP contribution is 2.44. The van der Waals surface area contributed by atoms with E-state index in [9.17, 15) is 0 Å². The Morgan fingerprint density at radius 2 is 1.17 bits per heavy atom. The summed E-state index contributed by atoms with van der Waals surface area (Å²) in [7, 11) is 0. The van der Waals surface area contributed by atoms with Crippen LogP contribution >= 0.6 is 11.3 Å². The molecule has 5 nitrogen and oxygen atoms in total. The monoisotopic (exact) mass is 632 g/mol. The van der Waals surface area contributed by atoms with Crippen molar-refractivity contribution in [3.8, 4) is 45.3 Å². The minimum absolute atomic E-state index is 0.592. The van der Waals surface area contributed by atoms with Crippen LogP contribution in [0.3, 0.4) is 0 Å². The second-order valence-electron chi connectivity index (χ2n) is 11.9. The van der Waals surface area contributed by atoms with Gasteiger partial charge in [-0.25, -0.2) is 15.0 Å². The van der Waals surface area contributed by atoms with Crippen LogP contribution in [0.2, 0.25) is 0 Å². The minimum Gasteiger partial charge on any atom is -0.455 e. The van der Waals surface area contributed by atoms with Gasteiger partial charge in [0.25, 0.3) is 0 Å². The first kappa shape index (κ1) is 26.9. The van der Waals surface area contributed by atoms with Gasteiger partial charge >= 0.3 is 0 Å². The van der Waals surface area contributed by atoms with Crippen LogP contribution in [0.5, 0.6) is 0 Å². The first-order valence-corrected chi connectivity index (χ1v) is 16.6. The number of benzene rings is 6. The summed E-state index contributed by atoms with van der Waals surface area (Å²) in [5.41, 5.74) is 6.49. The van der Waals surface area contributed by atoms with Crippen LogP contribution in [-0.4, -0.2) is 19.9 Å². The molecular weight excluding hydrogens is 609 g/mol. The summed E-state index contributed by atoms with van der Waals surface area (Å²) in [5, 5.41) is 6.43. The molecule has 0 radical (unpaired) electrons. The van der Waals surface area contributed by atoms with Gasteiger partial charge in [-0.05, 0) is 53.4 Å². The number of pyridine rings is 1. The maximum Gasteiger partial charge on any atom is 0.164 e. The Kier molecular flexibility index (Phi) is 5.98. The van der Waals surface area contributed by atoms with Gasteiger partial charge in [0.15, 0.2) is 17.5 Å². The van der Waals surface area contributed by atoms with Crippen molar-refractivity contribution in [2.45, 2.75) is 0 Å². The predicted octanol–water partition coefficient (Wildman–Crippen LogP) is 11.4. The Morgan fingerprint density at radius 3 is 2.00 bits per heavy atom. The molecule has 4 heterocycles. The summed E-state index contributed by atoms with van der Waals surface area (Å²) in [5.74, 6) is 1.85. The molecule has 10 rings (SSSR count). The average molecular weight is 633 g/mol. The molecule has 0 saturated carbocycles. The molecule has 224 valence electrons. The Bertz CT molecular complexity index is 2840. The van der Waals surface area contributed by atoms with Crippen LogP contribution in [-0.2, 0) is 0 Å². The quantitative estimate of drug-likeness (QED) is 0.193. The van der Waals surface area contributed by atoms with Gasteiger partial charge in [0.05, 0.1) is 0 Å². The molecule has 0 saturated heterocycles. The van der Waals surface area contributed by atoms with Crippen LogP contribution in [0.15, 0.2) is 150 Å². The third-order valence-electron chi connectivity index (χ3n) is 9.01. The van der Waals surface area contributed by atoms with E-state index in [1.54, 1.807) is 11.3 Å². The Balaban J connectivity index is 1.30. The number of hydrogen-bond donors (Lipinski definition) is 0. The molecule has 6 heteroatoms. The van der Waals surface area contributed by atoms with Crippen LogP contribution in [0.25, 0.3) is 98.2 Å². The Morgan fingerprint density at radius 1 is 0.479 bits per heavy atom. The fourth-order valence-corrected chi connectivity index (χ4v) is 7.92. The molecule has 0 aliphatic carbocycles. The SMILES string of the molecule is c1ccc(-c2nc(-c3cccc4sc5ccccc5c34)nc(-c3ccc(-c4ccccc4)c4oc5cc6ccncc6cc5c34)n2)cc1. The van der Waals surface area contributed by atoms with Crippen molar-refractivity contribution in [2.24, 2.45) is 0 Å². The van der Waals surface area contributed by atoms with E-state index in [4.69, 9.17) is 19.4 Å². The summed E-state index contributed by atoms with van der Waals surface area (Å²) in [6, 6.07) is 45.9. The van der Waals surface area contributed by atoms with Crippen LogP contribution in [0.4, 0.5) is 0 Å². The normalized spacial score (nSPS) is 11.8. The van der Waals surface area contributed by atoms with E-state index in [1.165, 1.54) is 14.8 Å². The number of nitrogens with zero attached hydrogens (tertiary/aromatic N) is 4. The highest BCUT2D eigenvalue weighted by Gasteiger charge is 2.22. The second-order valence-corrected chi connectivity index (χ2v) is 12.9. The third kappa shape index (κ3) is 4.24. The Labute approximate surface area is 278 Å². The van der Waals surface area contributed by atoms with Crippen LogP contribution < -0.4 is 0 Å². The summed E-state index contributed by atoms with van der Waals surface area (Å²) >= 11 is 1.79. The largest absolute Gasteiger partial charge is 0.455 e. The second kappa shape index (κ2) is 10.7. The Hall–Kier alpha value is -6.24. The minimum atomic E-state index is 0.592. The van der Waals surface area contributed by atoms with Gasteiger partial charge in [0.1, 0.15) is 11.2 Å². The molecule has 6 aromatic carbocycles. The fraction of sp³-hybridized carbons (Fsp3) is 0. The van der Waals surface area contributed by atoms with Gasteiger partial charge in [0, 0.05) is 71.0 Å². The molecule has 48 heavy (non-hydrogen) atoms. The van der Waals surface area contributed by atoms with E-state index < -0.39 is 0 Å². The zero-order valence-electron chi connectivity index (χ0n) is 25.5. The van der Waals surface area contributed by atoms with E-state index in [1.807, 2.05) is 54.9 Å². The zero-order chi connectivity index (χ0) is 31.6. The van der Waals surface area contributed by atoms with Gasteiger partial charge in [-0.3, -0.25) is 4.98 Å². The van der Waals surface area contributed by atoms with E-state index in [0.29, 0.717) is 17.5 Å². The first-order valence-electron chi connectivity index (χ1n) is 15.8. The number of aromatic nitrogens is 4. The summed E-state index contributed by atoms with van der Waals surface area (Å²) in [6.07, 6.45) is 3.71. The van der Waals surface area contributed by atoms with Gasteiger partial charge in [-0.15, -0.1) is 11.3 Å². The molecule has 0 unspecified atom stereocenters.